The fourth-order valence-corrected chi connectivity index (χ4v) is 4.15. The van der Waals surface area contributed by atoms with Crippen LogP contribution in [0, 0.1) is 5.92 Å². The fraction of sp³-hybridized carbons (Fsp3) is 0.269. The van der Waals surface area contributed by atoms with Crippen LogP contribution in [-0.4, -0.2) is 23.9 Å². The number of hydrogen-bond acceptors (Lipinski definition) is 3. The number of likely N-dealkylation sites (tertiary alicyclic amines) is 1. The van der Waals surface area contributed by atoms with Crippen LogP contribution in [0.4, 0.5) is 5.69 Å². The number of rotatable bonds is 7. The second-order valence-electron chi connectivity index (χ2n) is 7.99. The molecule has 3 aromatic rings. The molecule has 5 heteroatoms. The molecule has 1 amide bonds. The molecule has 31 heavy (non-hydrogen) atoms. The van der Waals surface area contributed by atoms with Gasteiger partial charge in [0, 0.05) is 23.2 Å². The van der Waals surface area contributed by atoms with E-state index in [0.717, 1.165) is 53.9 Å². The highest BCUT2D eigenvalue weighted by atomic mass is 79.9. The molecule has 0 radical (unpaired) electrons. The SMILES string of the molecule is O=C(Nc1ccc(OCc2ccccc2)cc1)C1CCCN(Cc2ccc(Br)cc2)C1. The maximum absolute atomic E-state index is 12.8. The molecule has 1 heterocycles. The van der Waals surface area contributed by atoms with Crippen LogP contribution in [0.25, 0.3) is 0 Å². The van der Waals surface area contributed by atoms with Crippen LogP contribution in [0.3, 0.4) is 0 Å². The van der Waals surface area contributed by atoms with Crippen molar-refractivity contribution in [1.82, 2.24) is 4.90 Å². The zero-order valence-corrected chi connectivity index (χ0v) is 19.1. The van der Waals surface area contributed by atoms with Crippen molar-refractivity contribution in [2.75, 3.05) is 18.4 Å². The molecule has 1 aliphatic heterocycles. The van der Waals surface area contributed by atoms with Crippen molar-refractivity contribution in [1.29, 1.82) is 0 Å². The smallest absolute Gasteiger partial charge is 0.228 e. The van der Waals surface area contributed by atoms with Crippen LogP contribution in [0.1, 0.15) is 24.0 Å². The first-order valence-corrected chi connectivity index (χ1v) is 11.5. The Morgan fingerprint density at radius 3 is 2.45 bits per heavy atom. The Kier molecular flexibility index (Phi) is 7.39. The summed E-state index contributed by atoms with van der Waals surface area (Å²) in [5, 5.41) is 3.08. The second-order valence-corrected chi connectivity index (χ2v) is 8.90. The lowest BCUT2D eigenvalue weighted by Gasteiger charge is -2.32. The molecule has 1 atom stereocenters. The first-order chi connectivity index (χ1) is 15.2. The maximum Gasteiger partial charge on any atom is 0.228 e. The number of hydrogen-bond donors (Lipinski definition) is 1. The van der Waals surface area contributed by atoms with Gasteiger partial charge >= 0.3 is 0 Å². The summed E-state index contributed by atoms with van der Waals surface area (Å²) in [6.07, 6.45) is 1.97. The van der Waals surface area contributed by atoms with Crippen LogP contribution < -0.4 is 10.1 Å². The highest BCUT2D eigenvalue weighted by molar-refractivity contribution is 9.10. The van der Waals surface area contributed by atoms with E-state index >= 15 is 0 Å². The summed E-state index contributed by atoms with van der Waals surface area (Å²) in [7, 11) is 0. The number of nitrogens with one attached hydrogen (secondary N) is 1. The minimum atomic E-state index is 0.0122. The van der Waals surface area contributed by atoms with E-state index in [1.165, 1.54) is 5.56 Å². The van der Waals surface area contributed by atoms with Crippen molar-refractivity contribution in [3.05, 3.63) is 94.5 Å². The Morgan fingerprint density at radius 2 is 1.71 bits per heavy atom. The number of halogens is 1. The summed E-state index contributed by atoms with van der Waals surface area (Å²) in [6.45, 7) is 3.24. The highest BCUT2D eigenvalue weighted by Gasteiger charge is 2.25. The molecule has 0 saturated carbocycles. The summed E-state index contributed by atoms with van der Waals surface area (Å²) in [6, 6.07) is 26.1. The standard InChI is InChI=1S/C26H27BrN2O2/c27-23-10-8-20(9-11-23)17-29-16-4-7-22(18-29)26(30)28-24-12-14-25(15-13-24)31-19-21-5-2-1-3-6-21/h1-3,5-6,8-15,22H,4,7,16-19H2,(H,28,30). The van der Waals surface area contributed by atoms with Gasteiger partial charge in [0.1, 0.15) is 12.4 Å². The summed E-state index contributed by atoms with van der Waals surface area (Å²) in [4.78, 5) is 15.2. The third-order valence-electron chi connectivity index (χ3n) is 5.57. The summed E-state index contributed by atoms with van der Waals surface area (Å²) in [5.74, 6) is 0.900. The second kappa shape index (κ2) is 10.6. The molecule has 1 N–H and O–H groups in total. The van der Waals surface area contributed by atoms with Crippen molar-refractivity contribution in [3.8, 4) is 5.75 Å². The Hall–Kier alpha value is -2.63. The van der Waals surface area contributed by atoms with Gasteiger partial charge in [-0.1, -0.05) is 58.4 Å². The van der Waals surface area contributed by atoms with Crippen molar-refractivity contribution < 1.29 is 9.53 Å². The number of nitrogens with zero attached hydrogens (tertiary/aromatic N) is 1. The van der Waals surface area contributed by atoms with Crippen LogP contribution >= 0.6 is 15.9 Å². The topological polar surface area (TPSA) is 41.6 Å². The van der Waals surface area contributed by atoms with E-state index in [4.69, 9.17) is 4.74 Å². The first-order valence-electron chi connectivity index (χ1n) is 10.7. The number of amides is 1. The third kappa shape index (κ3) is 6.42. The van der Waals surface area contributed by atoms with Crippen molar-refractivity contribution >= 4 is 27.5 Å². The molecule has 4 rings (SSSR count). The van der Waals surface area contributed by atoms with E-state index in [1.54, 1.807) is 0 Å². The monoisotopic (exact) mass is 478 g/mol. The number of anilines is 1. The number of benzene rings is 3. The lowest BCUT2D eigenvalue weighted by molar-refractivity contribution is -0.121. The van der Waals surface area contributed by atoms with Gasteiger partial charge in [-0.2, -0.15) is 0 Å². The molecule has 1 unspecified atom stereocenters. The van der Waals surface area contributed by atoms with Crippen molar-refractivity contribution in [2.24, 2.45) is 5.92 Å². The number of carbonyl (C=O) groups is 1. The van der Waals surface area contributed by atoms with Gasteiger partial charge in [-0.15, -0.1) is 0 Å². The minimum Gasteiger partial charge on any atom is -0.489 e. The number of carbonyl (C=O) groups excluding carboxylic acids is 1. The van der Waals surface area contributed by atoms with E-state index in [-0.39, 0.29) is 11.8 Å². The van der Waals surface area contributed by atoms with Gasteiger partial charge in [0.15, 0.2) is 0 Å². The average Bonchev–Trinajstić information content (AvgIpc) is 2.81. The molecule has 0 spiro atoms. The minimum absolute atomic E-state index is 0.0122. The summed E-state index contributed by atoms with van der Waals surface area (Å²) in [5.41, 5.74) is 3.21. The van der Waals surface area contributed by atoms with Crippen LogP contribution in [-0.2, 0) is 17.9 Å². The molecule has 160 valence electrons. The molecule has 4 nitrogen and oxygen atoms in total. The molecular weight excluding hydrogens is 452 g/mol. The molecule has 0 aliphatic carbocycles. The Bertz CT molecular complexity index is 975. The molecule has 1 aliphatic rings. The fourth-order valence-electron chi connectivity index (χ4n) is 3.88. The van der Waals surface area contributed by atoms with Gasteiger partial charge < -0.3 is 10.1 Å². The van der Waals surface area contributed by atoms with E-state index in [2.05, 4.69) is 50.4 Å². The normalized spacial score (nSPS) is 16.6. The first kappa shape index (κ1) is 21.6. The third-order valence-corrected chi connectivity index (χ3v) is 6.09. The Morgan fingerprint density at radius 1 is 0.968 bits per heavy atom. The predicted octanol–water partition coefficient (Wildman–Crippen LogP) is 5.88. The quantitative estimate of drug-likeness (QED) is 0.460. The van der Waals surface area contributed by atoms with Crippen molar-refractivity contribution in [3.63, 3.8) is 0 Å². The van der Waals surface area contributed by atoms with Crippen LogP contribution in [0.15, 0.2) is 83.3 Å². The summed E-state index contributed by atoms with van der Waals surface area (Å²) >= 11 is 3.48. The lowest BCUT2D eigenvalue weighted by Crippen LogP contribution is -2.40. The van der Waals surface area contributed by atoms with Gasteiger partial charge in [-0.3, -0.25) is 9.69 Å². The van der Waals surface area contributed by atoms with E-state index < -0.39 is 0 Å². The molecule has 3 aromatic carbocycles. The van der Waals surface area contributed by atoms with E-state index in [1.807, 2.05) is 54.6 Å². The van der Waals surface area contributed by atoms with Crippen LogP contribution in [0.2, 0.25) is 0 Å². The van der Waals surface area contributed by atoms with Crippen LogP contribution in [0.5, 0.6) is 5.75 Å². The number of ether oxygens (including phenoxy) is 1. The lowest BCUT2D eigenvalue weighted by atomic mass is 9.96. The average molecular weight is 479 g/mol. The Balaban J connectivity index is 1.27. The van der Waals surface area contributed by atoms with E-state index in [0.29, 0.717) is 6.61 Å². The molecule has 0 bridgehead atoms. The molecule has 0 aromatic heterocycles. The zero-order valence-electron chi connectivity index (χ0n) is 17.5. The number of piperidine rings is 1. The van der Waals surface area contributed by atoms with E-state index in [9.17, 15) is 4.79 Å². The molecule has 1 fully saturated rings. The largest absolute Gasteiger partial charge is 0.489 e. The zero-order chi connectivity index (χ0) is 21.5. The van der Waals surface area contributed by atoms with Gasteiger partial charge in [0.25, 0.3) is 0 Å². The van der Waals surface area contributed by atoms with Crippen molar-refractivity contribution in [2.45, 2.75) is 26.0 Å². The molecular formula is C26H27BrN2O2. The van der Waals surface area contributed by atoms with Gasteiger partial charge in [0.05, 0.1) is 5.92 Å². The van der Waals surface area contributed by atoms with Gasteiger partial charge in [-0.05, 0) is 66.9 Å². The Labute approximate surface area is 192 Å². The molecule has 1 saturated heterocycles. The van der Waals surface area contributed by atoms with Gasteiger partial charge in [0.2, 0.25) is 5.91 Å². The summed E-state index contributed by atoms with van der Waals surface area (Å²) < 4.78 is 6.91. The van der Waals surface area contributed by atoms with Gasteiger partial charge in [-0.25, -0.2) is 0 Å². The maximum atomic E-state index is 12.8. The highest BCUT2D eigenvalue weighted by Crippen LogP contribution is 2.22. The predicted molar refractivity (Wildman–Crippen MR) is 128 cm³/mol.